The van der Waals surface area contributed by atoms with E-state index in [0.717, 1.165) is 23.7 Å². The van der Waals surface area contributed by atoms with E-state index in [2.05, 4.69) is 11.4 Å². The van der Waals surface area contributed by atoms with E-state index in [0.29, 0.717) is 0 Å². The van der Waals surface area contributed by atoms with Crippen molar-refractivity contribution in [3.63, 3.8) is 0 Å². The van der Waals surface area contributed by atoms with Gasteiger partial charge in [0, 0.05) is 18.7 Å². The van der Waals surface area contributed by atoms with Crippen LogP contribution in [-0.2, 0) is 4.79 Å². The highest BCUT2D eigenvalue weighted by molar-refractivity contribution is 8.78. The van der Waals surface area contributed by atoms with Crippen molar-refractivity contribution >= 4 is 27.6 Å². The summed E-state index contributed by atoms with van der Waals surface area (Å²) in [6, 6.07) is 0. The predicted molar refractivity (Wildman–Crippen MR) is 62.1 cm³/mol. The molecule has 3 nitrogen and oxygen atoms in total. The molecule has 0 amide bonds. The highest BCUT2D eigenvalue weighted by atomic mass is 33.1. The molecule has 0 saturated carbocycles. The van der Waals surface area contributed by atoms with Crippen molar-refractivity contribution in [2.75, 3.05) is 12.3 Å². The second-order valence-electron chi connectivity index (χ2n) is 2.74. The predicted octanol–water partition coefficient (Wildman–Crippen LogP) is 2.23. The molecule has 0 aromatic carbocycles. The normalized spacial score (nSPS) is 14.7. The van der Waals surface area contributed by atoms with Crippen molar-refractivity contribution in [1.29, 1.82) is 0 Å². The second-order valence-corrected chi connectivity index (χ2v) is 5.20. The molecule has 0 aliphatic carbocycles. The van der Waals surface area contributed by atoms with Crippen molar-refractivity contribution in [3.05, 3.63) is 23.3 Å². The monoisotopic (exact) mass is 231 g/mol. The van der Waals surface area contributed by atoms with Gasteiger partial charge in [0.2, 0.25) is 0 Å². The number of rotatable bonds is 6. The summed E-state index contributed by atoms with van der Waals surface area (Å²) in [4.78, 5) is 10.2. The van der Waals surface area contributed by atoms with Crippen LogP contribution in [-0.4, -0.2) is 23.4 Å². The van der Waals surface area contributed by atoms with Crippen LogP contribution in [0.4, 0.5) is 0 Å². The fourth-order valence-electron chi connectivity index (χ4n) is 0.887. The number of hydrogen-bond acceptors (Lipinski definition) is 4. The largest absolute Gasteiger partial charge is 0.481 e. The number of hydrogen-bond donors (Lipinski definition) is 2. The molecule has 0 atom stereocenters. The van der Waals surface area contributed by atoms with Crippen LogP contribution < -0.4 is 5.32 Å². The van der Waals surface area contributed by atoms with Gasteiger partial charge in [0.25, 0.3) is 0 Å². The Morgan fingerprint density at radius 3 is 3.14 bits per heavy atom. The number of carbonyl (C=O) groups is 1. The molecule has 1 aliphatic heterocycles. The Labute approximate surface area is 91.4 Å². The Hall–Kier alpha value is -0.550. The fraction of sp³-hybridized carbons (Fsp3) is 0.444. The van der Waals surface area contributed by atoms with E-state index >= 15 is 0 Å². The van der Waals surface area contributed by atoms with Crippen LogP contribution in [0.5, 0.6) is 0 Å². The first-order valence-corrected chi connectivity index (χ1v) is 6.73. The molecule has 0 aromatic rings. The minimum atomic E-state index is -0.714. The summed E-state index contributed by atoms with van der Waals surface area (Å²) in [7, 11) is 3.36. The third-order valence-electron chi connectivity index (χ3n) is 1.54. The number of allylic oxidation sites excluding steroid dienone is 2. The number of carboxylic acid groups (broad SMARTS) is 1. The second kappa shape index (κ2) is 6.84. The average molecular weight is 231 g/mol. The lowest BCUT2D eigenvalue weighted by Crippen LogP contribution is -2.12. The third-order valence-corrected chi connectivity index (χ3v) is 3.97. The molecule has 78 valence electrons. The summed E-state index contributed by atoms with van der Waals surface area (Å²) in [5, 5.41) is 12.8. The van der Waals surface area contributed by atoms with Crippen molar-refractivity contribution < 1.29 is 9.90 Å². The Bertz CT molecular complexity index is 251. The molecule has 0 aromatic heterocycles. The van der Waals surface area contributed by atoms with E-state index in [-0.39, 0.29) is 6.42 Å². The Morgan fingerprint density at radius 2 is 2.50 bits per heavy atom. The van der Waals surface area contributed by atoms with Crippen LogP contribution in [0.25, 0.3) is 0 Å². The minimum absolute atomic E-state index is 0.264. The first-order chi connectivity index (χ1) is 6.79. The fourth-order valence-corrected chi connectivity index (χ4v) is 2.96. The van der Waals surface area contributed by atoms with E-state index in [1.54, 1.807) is 21.6 Å². The summed E-state index contributed by atoms with van der Waals surface area (Å²) < 4.78 is 0. The zero-order valence-electron chi connectivity index (χ0n) is 7.73. The molecule has 0 fully saturated rings. The maximum Gasteiger partial charge on any atom is 0.303 e. The van der Waals surface area contributed by atoms with Crippen LogP contribution in [0.1, 0.15) is 12.8 Å². The van der Waals surface area contributed by atoms with Gasteiger partial charge in [-0.1, -0.05) is 22.9 Å². The lowest BCUT2D eigenvalue weighted by atomic mass is 10.3. The van der Waals surface area contributed by atoms with Crippen LogP contribution in [0.2, 0.25) is 0 Å². The molecular weight excluding hydrogens is 218 g/mol. The van der Waals surface area contributed by atoms with E-state index in [1.807, 2.05) is 12.2 Å². The molecule has 1 heterocycles. The van der Waals surface area contributed by atoms with Gasteiger partial charge in [-0.25, -0.2) is 0 Å². The highest BCUT2D eigenvalue weighted by Gasteiger charge is 2.00. The highest BCUT2D eigenvalue weighted by Crippen LogP contribution is 2.29. The molecule has 0 spiro atoms. The number of nitrogens with one attached hydrogen (secondary N) is 1. The van der Waals surface area contributed by atoms with Gasteiger partial charge in [-0.3, -0.25) is 4.79 Å². The molecular formula is C9H13NO2S2. The lowest BCUT2D eigenvalue weighted by Gasteiger charge is -2.09. The summed E-state index contributed by atoms with van der Waals surface area (Å²) in [6.07, 6.45) is 7.10. The molecule has 2 N–H and O–H groups in total. The van der Waals surface area contributed by atoms with Gasteiger partial charge in [0.05, 0.1) is 5.03 Å². The lowest BCUT2D eigenvalue weighted by molar-refractivity contribution is -0.137. The van der Waals surface area contributed by atoms with Gasteiger partial charge in [0.15, 0.2) is 0 Å². The summed E-state index contributed by atoms with van der Waals surface area (Å²) in [6.45, 7) is 0.883. The van der Waals surface area contributed by atoms with Crippen molar-refractivity contribution in [3.8, 4) is 0 Å². The molecule has 14 heavy (non-hydrogen) atoms. The summed E-state index contributed by atoms with van der Waals surface area (Å²) in [5.74, 6) is 0.160. The van der Waals surface area contributed by atoms with E-state index in [1.165, 1.54) is 0 Å². The van der Waals surface area contributed by atoms with E-state index in [4.69, 9.17) is 5.11 Å². The van der Waals surface area contributed by atoms with Crippen molar-refractivity contribution in [2.45, 2.75) is 12.8 Å². The zero-order chi connectivity index (χ0) is 10.2. The van der Waals surface area contributed by atoms with Gasteiger partial charge in [0.1, 0.15) is 0 Å². The van der Waals surface area contributed by atoms with Gasteiger partial charge >= 0.3 is 5.97 Å². The van der Waals surface area contributed by atoms with Crippen molar-refractivity contribution in [1.82, 2.24) is 5.32 Å². The Kier molecular flexibility index (Phi) is 5.63. The quantitative estimate of drug-likeness (QED) is 0.542. The van der Waals surface area contributed by atoms with Gasteiger partial charge in [-0.15, -0.1) is 0 Å². The smallest absolute Gasteiger partial charge is 0.303 e. The molecule has 0 unspecified atom stereocenters. The zero-order valence-corrected chi connectivity index (χ0v) is 9.37. The first-order valence-electron chi connectivity index (χ1n) is 4.41. The number of aliphatic carboxylic acids is 1. The Balaban J connectivity index is 2.01. The number of carboxylic acids is 1. The van der Waals surface area contributed by atoms with E-state index < -0.39 is 5.97 Å². The molecule has 0 radical (unpaired) electrons. The SMILES string of the molecule is O=C(O)CCCSSC1=CC=CCN1. The molecule has 1 aliphatic rings. The van der Waals surface area contributed by atoms with Crippen molar-refractivity contribution in [2.24, 2.45) is 0 Å². The minimum Gasteiger partial charge on any atom is -0.481 e. The average Bonchev–Trinajstić information content (AvgIpc) is 2.18. The maximum absolute atomic E-state index is 10.2. The van der Waals surface area contributed by atoms with Crippen LogP contribution in [0, 0.1) is 0 Å². The third kappa shape index (κ3) is 5.24. The summed E-state index contributed by atoms with van der Waals surface area (Å²) >= 11 is 0. The standard InChI is InChI=1S/C9H13NO2S2/c11-9(12)5-3-7-13-14-8-4-1-2-6-10-8/h1-2,4,10H,3,5-7H2,(H,11,12). The first kappa shape index (κ1) is 11.5. The van der Waals surface area contributed by atoms with Gasteiger partial charge < -0.3 is 10.4 Å². The molecule has 0 bridgehead atoms. The van der Waals surface area contributed by atoms with E-state index in [9.17, 15) is 4.79 Å². The maximum atomic E-state index is 10.2. The van der Waals surface area contributed by atoms with Gasteiger partial charge in [-0.05, 0) is 23.3 Å². The van der Waals surface area contributed by atoms with Gasteiger partial charge in [-0.2, -0.15) is 0 Å². The molecule has 1 rings (SSSR count). The van der Waals surface area contributed by atoms with Crippen LogP contribution in [0.3, 0.4) is 0 Å². The Morgan fingerprint density at radius 1 is 1.64 bits per heavy atom. The number of dihydropyridines is 1. The topological polar surface area (TPSA) is 49.3 Å². The van der Waals surface area contributed by atoms with Crippen LogP contribution in [0.15, 0.2) is 23.3 Å². The molecule has 5 heteroatoms. The molecule has 0 saturated heterocycles. The summed E-state index contributed by atoms with van der Waals surface area (Å²) in [5.41, 5.74) is 0. The van der Waals surface area contributed by atoms with Crippen LogP contribution >= 0.6 is 21.6 Å².